The number of amides is 1. The molecule has 0 saturated heterocycles. The van der Waals surface area contributed by atoms with Crippen LogP contribution in [0.5, 0.6) is 11.5 Å². The second-order valence-electron chi connectivity index (χ2n) is 5.95. The predicted octanol–water partition coefficient (Wildman–Crippen LogP) is 1.56. The summed E-state index contributed by atoms with van der Waals surface area (Å²) in [6.07, 6.45) is 0.416. The van der Waals surface area contributed by atoms with E-state index in [2.05, 4.69) is 10.1 Å². The molecule has 0 saturated carbocycles. The van der Waals surface area contributed by atoms with Crippen LogP contribution >= 0.6 is 0 Å². The largest absolute Gasteiger partial charge is 0.497 e. The monoisotopic (exact) mass is 367 g/mol. The summed E-state index contributed by atoms with van der Waals surface area (Å²) in [5.74, 6) is -0.839. The van der Waals surface area contributed by atoms with Gasteiger partial charge in [0.2, 0.25) is 0 Å². The van der Waals surface area contributed by atoms with Crippen LogP contribution in [0.4, 0.5) is 0 Å². The van der Waals surface area contributed by atoms with Crippen LogP contribution < -0.4 is 14.8 Å². The first-order valence-corrected chi connectivity index (χ1v) is 8.08. The molecule has 1 aromatic rings. The van der Waals surface area contributed by atoms with E-state index in [1.165, 1.54) is 33.5 Å². The van der Waals surface area contributed by atoms with Gasteiger partial charge in [-0.3, -0.25) is 4.79 Å². The smallest absolute Gasteiger partial charge is 0.338 e. The Kier molecular flexibility index (Phi) is 8.41. The first kappa shape index (κ1) is 21.3. The fourth-order valence-corrected chi connectivity index (χ4v) is 2.20. The van der Waals surface area contributed by atoms with Crippen molar-refractivity contribution in [3.8, 4) is 11.5 Å². The van der Waals surface area contributed by atoms with Crippen LogP contribution in [0.2, 0.25) is 0 Å². The molecular formula is C18H25NO7. The second kappa shape index (κ2) is 10.3. The normalized spacial score (nSPS) is 11.5. The minimum atomic E-state index is -0.789. The van der Waals surface area contributed by atoms with E-state index in [-0.39, 0.29) is 11.5 Å². The third-order valence-electron chi connectivity index (χ3n) is 3.45. The molecule has 0 spiro atoms. The Hall–Kier alpha value is -2.77. The molecule has 0 heterocycles. The fourth-order valence-electron chi connectivity index (χ4n) is 2.20. The number of carbonyl (C=O) groups is 3. The predicted molar refractivity (Wildman–Crippen MR) is 93.2 cm³/mol. The van der Waals surface area contributed by atoms with Gasteiger partial charge in [-0.15, -0.1) is 0 Å². The first-order chi connectivity index (χ1) is 12.3. The zero-order chi connectivity index (χ0) is 19.7. The van der Waals surface area contributed by atoms with E-state index in [4.69, 9.17) is 14.2 Å². The average molecular weight is 367 g/mol. The molecule has 144 valence electrons. The highest BCUT2D eigenvalue weighted by Crippen LogP contribution is 2.22. The summed E-state index contributed by atoms with van der Waals surface area (Å²) < 4.78 is 19.8. The van der Waals surface area contributed by atoms with Crippen molar-refractivity contribution < 1.29 is 33.3 Å². The Bertz CT molecular complexity index is 620. The van der Waals surface area contributed by atoms with Crippen molar-refractivity contribution in [3.05, 3.63) is 23.8 Å². The molecule has 8 heteroatoms. The van der Waals surface area contributed by atoms with Crippen LogP contribution in [0.3, 0.4) is 0 Å². The summed E-state index contributed by atoms with van der Waals surface area (Å²) in [6, 6.07) is 3.76. The molecule has 1 N–H and O–H groups in total. The van der Waals surface area contributed by atoms with E-state index in [9.17, 15) is 14.4 Å². The molecule has 1 amide bonds. The van der Waals surface area contributed by atoms with Crippen molar-refractivity contribution in [2.24, 2.45) is 5.92 Å². The molecule has 1 aromatic carbocycles. The lowest BCUT2D eigenvalue weighted by molar-refractivity contribution is -0.145. The fraction of sp³-hybridized carbons (Fsp3) is 0.500. The molecule has 1 atom stereocenters. The summed E-state index contributed by atoms with van der Waals surface area (Å²) in [5, 5.41) is 2.51. The number of nitrogens with one attached hydrogen (secondary N) is 1. The van der Waals surface area contributed by atoms with Crippen molar-refractivity contribution in [2.45, 2.75) is 26.3 Å². The Balaban J connectivity index is 2.68. The Labute approximate surface area is 152 Å². The quantitative estimate of drug-likeness (QED) is 0.661. The molecule has 0 unspecified atom stereocenters. The van der Waals surface area contributed by atoms with Crippen molar-refractivity contribution in [3.63, 3.8) is 0 Å². The zero-order valence-electron chi connectivity index (χ0n) is 15.7. The summed E-state index contributed by atoms with van der Waals surface area (Å²) in [5.41, 5.74) is 0.181. The van der Waals surface area contributed by atoms with E-state index in [1.54, 1.807) is 6.07 Å². The molecule has 0 radical (unpaired) electrons. The maximum absolute atomic E-state index is 12.1. The minimum Gasteiger partial charge on any atom is -0.497 e. The maximum Gasteiger partial charge on any atom is 0.338 e. The van der Waals surface area contributed by atoms with Gasteiger partial charge in [-0.1, -0.05) is 13.8 Å². The third kappa shape index (κ3) is 6.62. The summed E-state index contributed by atoms with van der Waals surface area (Å²) >= 11 is 0. The van der Waals surface area contributed by atoms with Gasteiger partial charge in [0.15, 0.2) is 6.61 Å². The van der Waals surface area contributed by atoms with Gasteiger partial charge in [-0.2, -0.15) is 0 Å². The molecule has 0 aliphatic heterocycles. The van der Waals surface area contributed by atoms with Gasteiger partial charge in [0.1, 0.15) is 17.5 Å². The maximum atomic E-state index is 12.1. The lowest BCUT2D eigenvalue weighted by Gasteiger charge is -2.18. The molecule has 26 heavy (non-hydrogen) atoms. The van der Waals surface area contributed by atoms with E-state index in [0.29, 0.717) is 17.9 Å². The standard InChI is InChI=1S/C18H25NO7/c1-11(2)6-15(18(22)25-5)19-16(20)10-26-17(21)12-7-13(23-3)9-14(8-12)24-4/h7-9,11,15H,6,10H2,1-5H3,(H,19,20)/t15-/m0/s1. The van der Waals surface area contributed by atoms with Crippen LogP contribution in [0.15, 0.2) is 18.2 Å². The van der Waals surface area contributed by atoms with Gasteiger partial charge < -0.3 is 24.3 Å². The molecule has 0 aliphatic carbocycles. The second-order valence-corrected chi connectivity index (χ2v) is 5.95. The average Bonchev–Trinajstić information content (AvgIpc) is 2.63. The Morgan fingerprint density at radius 2 is 1.58 bits per heavy atom. The number of methoxy groups -OCH3 is 3. The minimum absolute atomic E-state index is 0.172. The zero-order valence-corrected chi connectivity index (χ0v) is 15.7. The van der Waals surface area contributed by atoms with E-state index in [0.717, 1.165) is 0 Å². The van der Waals surface area contributed by atoms with Crippen LogP contribution in [0.25, 0.3) is 0 Å². The van der Waals surface area contributed by atoms with Crippen molar-refractivity contribution >= 4 is 17.8 Å². The number of hydrogen-bond acceptors (Lipinski definition) is 7. The number of ether oxygens (including phenoxy) is 4. The van der Waals surface area contributed by atoms with E-state index >= 15 is 0 Å². The molecule has 8 nitrogen and oxygen atoms in total. The highest BCUT2D eigenvalue weighted by atomic mass is 16.5. The lowest BCUT2D eigenvalue weighted by atomic mass is 10.0. The molecule has 0 aliphatic rings. The SMILES string of the molecule is COC(=O)[C@H](CC(C)C)NC(=O)COC(=O)c1cc(OC)cc(OC)c1. The number of benzene rings is 1. The van der Waals surface area contributed by atoms with Gasteiger partial charge >= 0.3 is 11.9 Å². The number of rotatable bonds is 9. The van der Waals surface area contributed by atoms with Crippen LogP contribution in [-0.4, -0.2) is 51.8 Å². The highest BCUT2D eigenvalue weighted by molar-refractivity contribution is 5.92. The molecular weight excluding hydrogens is 342 g/mol. The van der Waals surface area contributed by atoms with Crippen LogP contribution in [0, 0.1) is 5.92 Å². The van der Waals surface area contributed by atoms with Crippen molar-refractivity contribution in [1.82, 2.24) is 5.32 Å². The van der Waals surface area contributed by atoms with E-state index in [1.807, 2.05) is 13.8 Å². The highest BCUT2D eigenvalue weighted by Gasteiger charge is 2.23. The number of hydrogen-bond donors (Lipinski definition) is 1. The summed E-state index contributed by atoms with van der Waals surface area (Å²) in [4.78, 5) is 35.8. The van der Waals surface area contributed by atoms with Crippen molar-refractivity contribution in [2.75, 3.05) is 27.9 Å². The van der Waals surface area contributed by atoms with Gasteiger partial charge in [0, 0.05) is 6.07 Å². The third-order valence-corrected chi connectivity index (χ3v) is 3.45. The molecule has 0 bridgehead atoms. The Morgan fingerprint density at radius 3 is 2.04 bits per heavy atom. The van der Waals surface area contributed by atoms with Gasteiger partial charge in [-0.05, 0) is 24.5 Å². The van der Waals surface area contributed by atoms with Gasteiger partial charge in [0.25, 0.3) is 5.91 Å². The van der Waals surface area contributed by atoms with Gasteiger partial charge in [-0.25, -0.2) is 9.59 Å². The Morgan fingerprint density at radius 1 is 1.00 bits per heavy atom. The number of carbonyl (C=O) groups excluding carboxylic acids is 3. The topological polar surface area (TPSA) is 100 Å². The molecule has 0 fully saturated rings. The molecule has 0 aromatic heterocycles. The van der Waals surface area contributed by atoms with Crippen LogP contribution in [-0.2, 0) is 19.1 Å². The summed E-state index contributed by atoms with van der Waals surface area (Å²) in [6.45, 7) is 3.31. The van der Waals surface area contributed by atoms with Crippen molar-refractivity contribution in [1.29, 1.82) is 0 Å². The summed E-state index contributed by atoms with van der Waals surface area (Å²) in [7, 11) is 4.16. The van der Waals surface area contributed by atoms with E-state index < -0.39 is 30.5 Å². The molecule has 1 rings (SSSR count). The van der Waals surface area contributed by atoms with Gasteiger partial charge in [0.05, 0.1) is 26.9 Å². The lowest BCUT2D eigenvalue weighted by Crippen LogP contribution is -2.44. The van der Waals surface area contributed by atoms with Crippen LogP contribution in [0.1, 0.15) is 30.6 Å². The number of esters is 2. The first-order valence-electron chi connectivity index (χ1n) is 8.08.